The maximum atomic E-state index is 12.1. The lowest BCUT2D eigenvalue weighted by Gasteiger charge is -2.16. The van der Waals surface area contributed by atoms with Crippen LogP contribution in [0.3, 0.4) is 0 Å². The third kappa shape index (κ3) is 4.13. The van der Waals surface area contributed by atoms with Crippen molar-refractivity contribution in [3.63, 3.8) is 0 Å². The van der Waals surface area contributed by atoms with Gasteiger partial charge in [0, 0.05) is 5.56 Å². The molecule has 1 aromatic carbocycles. The molecular formula is C12H13F3O4. The molecule has 7 heteroatoms. The summed E-state index contributed by atoms with van der Waals surface area (Å²) in [6.07, 6.45) is -7.32. The quantitative estimate of drug-likeness (QED) is 0.839. The first-order valence-corrected chi connectivity index (χ1v) is 5.32. The molecule has 0 aliphatic rings. The third-order valence-electron chi connectivity index (χ3n) is 2.34. The molecule has 0 saturated carbocycles. The van der Waals surface area contributed by atoms with Crippen molar-refractivity contribution in [2.45, 2.75) is 19.2 Å². The Morgan fingerprint density at radius 3 is 2.47 bits per heavy atom. The Balaban J connectivity index is 2.82. The van der Waals surface area contributed by atoms with Gasteiger partial charge in [0.25, 0.3) is 0 Å². The largest absolute Gasteiger partial charge is 0.493 e. The summed E-state index contributed by atoms with van der Waals surface area (Å²) in [5.41, 5.74) is 0.348. The van der Waals surface area contributed by atoms with Crippen molar-refractivity contribution >= 4 is 5.78 Å². The molecule has 0 heterocycles. The van der Waals surface area contributed by atoms with Crippen LogP contribution in [0.1, 0.15) is 17.3 Å². The molecule has 0 aromatic heterocycles. The molecule has 0 aliphatic heterocycles. The van der Waals surface area contributed by atoms with E-state index < -0.39 is 18.9 Å². The highest BCUT2D eigenvalue weighted by Gasteiger charge is 2.38. The van der Waals surface area contributed by atoms with Crippen molar-refractivity contribution in [2.75, 3.05) is 13.7 Å². The molecule has 0 saturated heterocycles. The van der Waals surface area contributed by atoms with Crippen LogP contribution in [0, 0.1) is 0 Å². The molecule has 0 radical (unpaired) electrons. The summed E-state index contributed by atoms with van der Waals surface area (Å²) < 4.78 is 46.1. The minimum absolute atomic E-state index is 0.0239. The second kappa shape index (κ2) is 5.92. The minimum Gasteiger partial charge on any atom is -0.493 e. The van der Waals surface area contributed by atoms with Gasteiger partial charge < -0.3 is 14.6 Å². The van der Waals surface area contributed by atoms with E-state index in [1.807, 2.05) is 0 Å². The Morgan fingerprint density at radius 1 is 1.37 bits per heavy atom. The number of halogens is 3. The number of hydrogen-bond donors (Lipinski definition) is 1. The molecule has 4 nitrogen and oxygen atoms in total. The monoisotopic (exact) mass is 278 g/mol. The smallest absolute Gasteiger partial charge is 0.417 e. The highest BCUT2D eigenvalue weighted by molar-refractivity contribution is 5.94. The van der Waals surface area contributed by atoms with Gasteiger partial charge in [-0.25, -0.2) is 0 Å². The number of hydrogen-bond acceptors (Lipinski definition) is 4. The number of aliphatic hydroxyl groups is 1. The lowest BCUT2D eigenvalue weighted by molar-refractivity contribution is -0.210. The molecule has 0 aliphatic carbocycles. The van der Waals surface area contributed by atoms with E-state index in [1.165, 1.54) is 32.2 Å². The van der Waals surface area contributed by atoms with Gasteiger partial charge in [-0.05, 0) is 25.1 Å². The fourth-order valence-corrected chi connectivity index (χ4v) is 1.27. The van der Waals surface area contributed by atoms with E-state index >= 15 is 0 Å². The fraction of sp³-hybridized carbons (Fsp3) is 0.417. The Kier molecular flexibility index (Phi) is 4.77. The van der Waals surface area contributed by atoms with Gasteiger partial charge in [0.2, 0.25) is 0 Å². The van der Waals surface area contributed by atoms with Crippen molar-refractivity contribution < 1.29 is 32.5 Å². The normalized spacial score (nSPS) is 12.9. The molecule has 0 fully saturated rings. The highest BCUT2D eigenvalue weighted by atomic mass is 19.4. The van der Waals surface area contributed by atoms with Crippen LogP contribution < -0.4 is 9.47 Å². The lowest BCUT2D eigenvalue weighted by Crippen LogP contribution is -2.34. The number of alkyl halides is 3. The number of benzene rings is 1. The summed E-state index contributed by atoms with van der Waals surface area (Å²) >= 11 is 0. The van der Waals surface area contributed by atoms with Crippen molar-refractivity contribution in [2.24, 2.45) is 0 Å². The molecule has 0 bridgehead atoms. The second-order valence-electron chi connectivity index (χ2n) is 3.79. The summed E-state index contributed by atoms with van der Waals surface area (Å²) in [7, 11) is 1.30. The van der Waals surface area contributed by atoms with Gasteiger partial charge in [0.05, 0.1) is 7.11 Å². The van der Waals surface area contributed by atoms with Crippen LogP contribution in [0.4, 0.5) is 13.2 Å². The average molecular weight is 278 g/mol. The van der Waals surface area contributed by atoms with Crippen LogP contribution in [-0.2, 0) is 0 Å². The zero-order valence-electron chi connectivity index (χ0n) is 10.3. The summed E-state index contributed by atoms with van der Waals surface area (Å²) in [6.45, 7) is 0.405. The van der Waals surface area contributed by atoms with Gasteiger partial charge in [0.15, 0.2) is 23.4 Å². The van der Waals surface area contributed by atoms with Crippen LogP contribution in [0.2, 0.25) is 0 Å². The van der Waals surface area contributed by atoms with Gasteiger partial charge in [0.1, 0.15) is 6.61 Å². The van der Waals surface area contributed by atoms with Crippen molar-refractivity contribution in [3.8, 4) is 11.5 Å². The molecule has 0 amide bonds. The number of Topliss-reactive ketones (excluding diaryl/α,β-unsaturated/α-hetero) is 1. The maximum absolute atomic E-state index is 12.1. The number of ketones is 1. The summed E-state index contributed by atoms with van der Waals surface area (Å²) in [5, 5.41) is 8.81. The van der Waals surface area contributed by atoms with Crippen LogP contribution in [0.15, 0.2) is 18.2 Å². The molecule has 106 valence electrons. The number of aliphatic hydroxyl groups excluding tert-OH is 1. The highest BCUT2D eigenvalue weighted by Crippen LogP contribution is 2.29. The van der Waals surface area contributed by atoms with E-state index in [1.54, 1.807) is 0 Å². The first-order chi connectivity index (χ1) is 8.75. The van der Waals surface area contributed by atoms with Crippen molar-refractivity contribution in [3.05, 3.63) is 23.8 Å². The second-order valence-corrected chi connectivity index (χ2v) is 3.79. The standard InChI is InChI=1S/C12H13F3O4/c1-7(16)8-3-4-9(10(5-8)18-2)19-6-11(17)12(13,14)15/h3-5,11,17H,6H2,1-2H3. The molecule has 1 N–H and O–H groups in total. The average Bonchev–Trinajstić information content (AvgIpc) is 2.34. The van der Waals surface area contributed by atoms with Crippen molar-refractivity contribution in [1.82, 2.24) is 0 Å². The number of carbonyl (C=O) groups is 1. The summed E-state index contributed by atoms with van der Waals surface area (Å²) in [4.78, 5) is 11.1. The molecule has 1 rings (SSSR count). The van der Waals surface area contributed by atoms with E-state index in [0.717, 1.165) is 0 Å². The Labute approximate surface area is 107 Å². The first kappa shape index (κ1) is 15.3. The Bertz CT molecular complexity index is 457. The van der Waals surface area contributed by atoms with E-state index in [4.69, 9.17) is 14.6 Å². The first-order valence-electron chi connectivity index (χ1n) is 5.32. The SMILES string of the molecule is COc1cc(C(C)=O)ccc1OCC(O)C(F)(F)F. The maximum Gasteiger partial charge on any atom is 0.417 e. The van der Waals surface area contributed by atoms with Crippen LogP contribution >= 0.6 is 0 Å². The van der Waals surface area contributed by atoms with E-state index in [0.29, 0.717) is 5.56 Å². The van der Waals surface area contributed by atoms with Crippen molar-refractivity contribution in [1.29, 1.82) is 0 Å². The summed E-state index contributed by atoms with van der Waals surface area (Å²) in [6, 6.07) is 4.08. The molecule has 1 unspecified atom stereocenters. The fourth-order valence-electron chi connectivity index (χ4n) is 1.27. The zero-order valence-corrected chi connectivity index (χ0v) is 10.3. The number of carbonyl (C=O) groups excluding carboxylic acids is 1. The zero-order chi connectivity index (χ0) is 14.6. The van der Waals surface area contributed by atoms with Crippen LogP contribution in [-0.4, -0.2) is 36.9 Å². The van der Waals surface area contributed by atoms with Crippen LogP contribution in [0.25, 0.3) is 0 Å². The number of rotatable bonds is 5. The van der Waals surface area contributed by atoms with E-state index in [-0.39, 0.29) is 17.3 Å². The molecule has 1 aromatic rings. The van der Waals surface area contributed by atoms with Gasteiger partial charge in [-0.1, -0.05) is 0 Å². The molecular weight excluding hydrogens is 265 g/mol. The van der Waals surface area contributed by atoms with Gasteiger partial charge in [-0.15, -0.1) is 0 Å². The van der Waals surface area contributed by atoms with Crippen LogP contribution in [0.5, 0.6) is 11.5 Å². The summed E-state index contributed by atoms with van der Waals surface area (Å²) in [5.74, 6) is -0.0574. The predicted octanol–water partition coefficient (Wildman–Crippen LogP) is 2.20. The molecule has 0 spiro atoms. The Hall–Kier alpha value is -1.76. The van der Waals surface area contributed by atoms with E-state index in [2.05, 4.69) is 0 Å². The van der Waals surface area contributed by atoms with Gasteiger partial charge >= 0.3 is 6.18 Å². The topological polar surface area (TPSA) is 55.8 Å². The van der Waals surface area contributed by atoms with Gasteiger partial charge in [-0.2, -0.15) is 13.2 Å². The predicted molar refractivity (Wildman–Crippen MR) is 60.6 cm³/mol. The number of ether oxygens (including phenoxy) is 2. The number of methoxy groups -OCH3 is 1. The van der Waals surface area contributed by atoms with E-state index in [9.17, 15) is 18.0 Å². The lowest BCUT2D eigenvalue weighted by atomic mass is 10.1. The third-order valence-corrected chi connectivity index (χ3v) is 2.34. The molecule has 19 heavy (non-hydrogen) atoms. The Morgan fingerprint density at radius 2 is 2.00 bits per heavy atom. The van der Waals surface area contributed by atoms with Gasteiger partial charge in [-0.3, -0.25) is 4.79 Å². The molecule has 1 atom stereocenters. The minimum atomic E-state index is -4.74.